The molecule has 3 rings (SSSR count). The van der Waals surface area contributed by atoms with Crippen molar-refractivity contribution in [3.63, 3.8) is 0 Å². The number of nitrogens with one attached hydrogen (secondary N) is 1. The lowest BCUT2D eigenvalue weighted by Crippen LogP contribution is -2.46. The van der Waals surface area contributed by atoms with Crippen molar-refractivity contribution in [2.24, 2.45) is 5.92 Å². The average molecular weight is 402 g/mol. The molecule has 1 heterocycles. The fourth-order valence-corrected chi connectivity index (χ4v) is 4.08. The van der Waals surface area contributed by atoms with Crippen LogP contribution in [0.2, 0.25) is 0 Å². The number of rotatable bonds is 6. The maximum Gasteiger partial charge on any atom is 0.513 e. The highest BCUT2D eigenvalue weighted by molar-refractivity contribution is 5.94. The summed E-state index contributed by atoms with van der Waals surface area (Å²) in [6.07, 6.45) is 6.25. The average Bonchev–Trinajstić information content (AvgIpc) is 3.21. The number of benzene rings is 1. The second kappa shape index (κ2) is 10.3. The Bertz CT molecular complexity index is 704. The molecule has 2 amide bonds. The predicted molar refractivity (Wildman–Crippen MR) is 108 cm³/mol. The molecule has 1 aromatic carbocycles. The molecule has 2 aliphatic rings. The van der Waals surface area contributed by atoms with Gasteiger partial charge in [-0.05, 0) is 62.8 Å². The summed E-state index contributed by atoms with van der Waals surface area (Å²) in [5.41, 5.74) is 0.546. The van der Waals surface area contributed by atoms with Gasteiger partial charge in [-0.3, -0.25) is 9.59 Å². The van der Waals surface area contributed by atoms with E-state index in [4.69, 9.17) is 9.47 Å². The Kier molecular flexibility index (Phi) is 7.49. The highest BCUT2D eigenvalue weighted by atomic mass is 16.7. The van der Waals surface area contributed by atoms with Gasteiger partial charge in [-0.15, -0.1) is 0 Å². The molecule has 1 aromatic rings. The Morgan fingerprint density at radius 2 is 1.69 bits per heavy atom. The van der Waals surface area contributed by atoms with E-state index in [1.807, 2.05) is 0 Å². The summed E-state index contributed by atoms with van der Waals surface area (Å²) in [4.78, 5) is 38.1. The molecule has 2 fully saturated rings. The summed E-state index contributed by atoms with van der Waals surface area (Å²) < 4.78 is 9.73. The number of nitrogens with zero attached hydrogens (tertiary/aromatic N) is 1. The first kappa shape index (κ1) is 21.1. The standard InChI is InChI=1S/C22H30N2O5/c1-2-28-22(27)29-19-9-7-17(8-10-19)21(26)24-13-11-18(12-14-24)23-20(25)15-16-5-3-4-6-16/h7-10,16,18H,2-6,11-15H2,1H3,(H,23,25). The quantitative estimate of drug-likeness (QED) is 0.581. The van der Waals surface area contributed by atoms with Crippen molar-refractivity contribution >= 4 is 18.0 Å². The number of piperidine rings is 1. The van der Waals surface area contributed by atoms with E-state index in [0.717, 1.165) is 12.8 Å². The molecule has 1 aliphatic heterocycles. The normalized spacial score (nSPS) is 17.8. The van der Waals surface area contributed by atoms with Crippen LogP contribution < -0.4 is 10.1 Å². The summed E-state index contributed by atoms with van der Waals surface area (Å²) >= 11 is 0. The van der Waals surface area contributed by atoms with Gasteiger partial charge >= 0.3 is 6.16 Å². The number of ether oxygens (including phenoxy) is 2. The van der Waals surface area contributed by atoms with Gasteiger partial charge in [0.15, 0.2) is 0 Å². The molecule has 0 bridgehead atoms. The molecule has 0 radical (unpaired) electrons. The van der Waals surface area contributed by atoms with Crippen molar-refractivity contribution < 1.29 is 23.9 Å². The van der Waals surface area contributed by atoms with Gasteiger partial charge in [0.1, 0.15) is 5.75 Å². The van der Waals surface area contributed by atoms with Crippen molar-refractivity contribution in [2.75, 3.05) is 19.7 Å². The van der Waals surface area contributed by atoms with Gasteiger partial charge in [0, 0.05) is 31.1 Å². The molecule has 1 aliphatic carbocycles. The SMILES string of the molecule is CCOC(=O)Oc1ccc(C(=O)N2CCC(NC(=O)CC3CCCC3)CC2)cc1. The van der Waals surface area contributed by atoms with E-state index in [1.165, 1.54) is 25.7 Å². The number of carbonyl (C=O) groups excluding carboxylic acids is 3. The van der Waals surface area contributed by atoms with Gasteiger partial charge in [0.05, 0.1) is 6.61 Å². The van der Waals surface area contributed by atoms with Gasteiger partial charge in [-0.2, -0.15) is 0 Å². The first-order valence-corrected chi connectivity index (χ1v) is 10.6. The smallest absolute Gasteiger partial charge is 0.434 e. The van der Waals surface area contributed by atoms with Gasteiger partial charge < -0.3 is 19.7 Å². The van der Waals surface area contributed by atoms with E-state index in [9.17, 15) is 14.4 Å². The number of hydrogen-bond acceptors (Lipinski definition) is 5. The summed E-state index contributed by atoms with van der Waals surface area (Å²) in [6.45, 7) is 3.18. The maximum absolute atomic E-state index is 12.7. The Morgan fingerprint density at radius 1 is 1.03 bits per heavy atom. The third kappa shape index (κ3) is 6.21. The third-order valence-corrected chi connectivity index (χ3v) is 5.66. The lowest BCUT2D eigenvalue weighted by Gasteiger charge is -2.32. The highest BCUT2D eigenvalue weighted by Gasteiger charge is 2.26. The van der Waals surface area contributed by atoms with Crippen molar-refractivity contribution in [1.29, 1.82) is 0 Å². The lowest BCUT2D eigenvalue weighted by molar-refractivity contribution is -0.122. The van der Waals surface area contributed by atoms with Crippen molar-refractivity contribution in [2.45, 2.75) is 57.9 Å². The Morgan fingerprint density at radius 3 is 2.31 bits per heavy atom. The largest absolute Gasteiger partial charge is 0.513 e. The second-order valence-corrected chi connectivity index (χ2v) is 7.80. The van der Waals surface area contributed by atoms with Gasteiger partial charge in [-0.1, -0.05) is 12.8 Å². The van der Waals surface area contributed by atoms with Crippen LogP contribution in [-0.2, 0) is 9.53 Å². The van der Waals surface area contributed by atoms with E-state index in [1.54, 1.807) is 36.1 Å². The van der Waals surface area contributed by atoms with Gasteiger partial charge in [-0.25, -0.2) is 4.79 Å². The van der Waals surface area contributed by atoms with Crippen LogP contribution in [0.4, 0.5) is 4.79 Å². The number of amides is 2. The lowest BCUT2D eigenvalue weighted by atomic mass is 10.0. The van der Waals surface area contributed by atoms with E-state index in [0.29, 0.717) is 36.7 Å². The molecule has 7 nitrogen and oxygen atoms in total. The fraction of sp³-hybridized carbons (Fsp3) is 0.591. The molecule has 7 heteroatoms. The van der Waals surface area contributed by atoms with E-state index in [2.05, 4.69) is 5.32 Å². The minimum absolute atomic E-state index is 0.0524. The zero-order valence-corrected chi connectivity index (χ0v) is 17.0. The van der Waals surface area contributed by atoms with Crippen LogP contribution in [0.15, 0.2) is 24.3 Å². The number of carbonyl (C=O) groups is 3. The summed E-state index contributed by atoms with van der Waals surface area (Å²) in [7, 11) is 0. The van der Waals surface area contributed by atoms with Crippen LogP contribution in [0, 0.1) is 5.92 Å². The zero-order chi connectivity index (χ0) is 20.6. The molecule has 158 valence electrons. The van der Waals surface area contributed by atoms with Crippen LogP contribution >= 0.6 is 0 Å². The van der Waals surface area contributed by atoms with Crippen LogP contribution in [0.1, 0.15) is 62.2 Å². The van der Waals surface area contributed by atoms with E-state index < -0.39 is 6.16 Å². The molecule has 29 heavy (non-hydrogen) atoms. The molecular formula is C22H30N2O5. The summed E-state index contributed by atoms with van der Waals surface area (Å²) in [5.74, 6) is 0.985. The first-order chi connectivity index (χ1) is 14.0. The van der Waals surface area contributed by atoms with E-state index >= 15 is 0 Å². The molecule has 0 spiro atoms. The molecule has 0 unspecified atom stereocenters. The molecule has 0 aromatic heterocycles. The maximum atomic E-state index is 12.7. The van der Waals surface area contributed by atoms with Crippen molar-refractivity contribution in [1.82, 2.24) is 10.2 Å². The monoisotopic (exact) mass is 402 g/mol. The van der Waals surface area contributed by atoms with Crippen LogP contribution in [-0.4, -0.2) is 48.6 Å². The first-order valence-electron chi connectivity index (χ1n) is 10.6. The predicted octanol–water partition coefficient (Wildman–Crippen LogP) is 3.52. The number of hydrogen-bond donors (Lipinski definition) is 1. The Labute approximate surface area is 171 Å². The zero-order valence-electron chi connectivity index (χ0n) is 17.0. The number of likely N-dealkylation sites (tertiary alicyclic amines) is 1. The molecule has 1 N–H and O–H groups in total. The minimum Gasteiger partial charge on any atom is -0.434 e. The Hall–Kier alpha value is -2.57. The van der Waals surface area contributed by atoms with Gasteiger partial charge in [0.25, 0.3) is 5.91 Å². The summed E-state index contributed by atoms with van der Waals surface area (Å²) in [5, 5.41) is 3.14. The molecule has 0 atom stereocenters. The van der Waals surface area contributed by atoms with Crippen LogP contribution in [0.5, 0.6) is 5.75 Å². The molecule has 1 saturated heterocycles. The minimum atomic E-state index is -0.761. The molecule has 1 saturated carbocycles. The van der Waals surface area contributed by atoms with Crippen molar-refractivity contribution in [3.8, 4) is 5.75 Å². The summed E-state index contributed by atoms with van der Waals surface area (Å²) in [6, 6.07) is 6.60. The van der Waals surface area contributed by atoms with E-state index in [-0.39, 0.29) is 24.5 Å². The topological polar surface area (TPSA) is 84.9 Å². The molecular weight excluding hydrogens is 372 g/mol. The second-order valence-electron chi connectivity index (χ2n) is 7.80. The van der Waals surface area contributed by atoms with Crippen molar-refractivity contribution in [3.05, 3.63) is 29.8 Å². The van der Waals surface area contributed by atoms with Crippen LogP contribution in [0.3, 0.4) is 0 Å². The highest BCUT2D eigenvalue weighted by Crippen LogP contribution is 2.27. The Balaban J connectivity index is 1.43. The third-order valence-electron chi connectivity index (χ3n) is 5.66. The van der Waals surface area contributed by atoms with Gasteiger partial charge in [0.2, 0.25) is 5.91 Å². The van der Waals surface area contributed by atoms with Crippen LogP contribution in [0.25, 0.3) is 0 Å². The fourth-order valence-electron chi connectivity index (χ4n) is 4.08.